The van der Waals surface area contributed by atoms with Gasteiger partial charge in [0.25, 0.3) is 0 Å². The second-order valence-electron chi connectivity index (χ2n) is 6.85. The van der Waals surface area contributed by atoms with Gasteiger partial charge in [0.2, 0.25) is 0 Å². The van der Waals surface area contributed by atoms with Crippen molar-refractivity contribution in [3.63, 3.8) is 0 Å². The fourth-order valence-electron chi connectivity index (χ4n) is 3.14. The van der Waals surface area contributed by atoms with E-state index in [1.807, 2.05) is 49.8 Å². The molecule has 3 aromatic rings. The number of halogens is 2. The Morgan fingerprint density at radius 2 is 1.94 bits per heavy atom. The van der Waals surface area contributed by atoms with E-state index in [9.17, 15) is 4.39 Å². The third kappa shape index (κ3) is 7.84. The van der Waals surface area contributed by atoms with E-state index in [0.717, 1.165) is 35.8 Å². The molecule has 0 amide bonds. The lowest BCUT2D eigenvalue weighted by Crippen LogP contribution is -2.37. The predicted molar refractivity (Wildman–Crippen MR) is 138 cm³/mol. The van der Waals surface area contributed by atoms with Crippen LogP contribution in [0.15, 0.2) is 65.9 Å². The first kappa shape index (κ1) is 25.2. The molecule has 0 aliphatic heterocycles. The lowest BCUT2D eigenvalue weighted by atomic mass is 10.1. The molecule has 0 spiro atoms. The highest BCUT2D eigenvalue weighted by atomic mass is 127. The van der Waals surface area contributed by atoms with Crippen molar-refractivity contribution in [1.29, 1.82) is 0 Å². The van der Waals surface area contributed by atoms with Crippen molar-refractivity contribution in [1.82, 2.24) is 20.2 Å². The molecule has 0 fully saturated rings. The molecule has 5 nitrogen and oxygen atoms in total. The average Bonchev–Trinajstić information content (AvgIpc) is 3.19. The van der Waals surface area contributed by atoms with Crippen molar-refractivity contribution < 1.29 is 4.39 Å². The molecule has 0 saturated carbocycles. The Labute approximate surface area is 205 Å². The maximum atomic E-state index is 13.6. The van der Waals surface area contributed by atoms with Crippen LogP contribution in [0.25, 0.3) is 0 Å². The van der Waals surface area contributed by atoms with Crippen LogP contribution in [0.3, 0.4) is 0 Å². The van der Waals surface area contributed by atoms with Gasteiger partial charge in [-0.05, 0) is 42.0 Å². The van der Waals surface area contributed by atoms with Crippen LogP contribution in [-0.2, 0) is 25.4 Å². The van der Waals surface area contributed by atoms with Crippen molar-refractivity contribution in [2.45, 2.75) is 32.3 Å². The highest BCUT2D eigenvalue weighted by molar-refractivity contribution is 14.0. The zero-order valence-electron chi connectivity index (χ0n) is 17.8. The molecular weight excluding hydrogens is 524 g/mol. The second kappa shape index (κ2) is 13.4. The van der Waals surface area contributed by atoms with Gasteiger partial charge in [-0.1, -0.05) is 36.4 Å². The van der Waals surface area contributed by atoms with E-state index in [-0.39, 0.29) is 29.8 Å². The summed E-state index contributed by atoms with van der Waals surface area (Å²) in [5, 5.41) is 6.63. The van der Waals surface area contributed by atoms with Gasteiger partial charge < -0.3 is 15.2 Å². The van der Waals surface area contributed by atoms with Gasteiger partial charge in [-0.25, -0.2) is 14.4 Å². The molecule has 8 heteroatoms. The van der Waals surface area contributed by atoms with Crippen LogP contribution in [0, 0.1) is 5.82 Å². The lowest BCUT2D eigenvalue weighted by molar-refractivity contribution is 0.625. The molecule has 0 unspecified atom stereocenters. The van der Waals surface area contributed by atoms with E-state index in [1.165, 1.54) is 11.6 Å². The highest BCUT2D eigenvalue weighted by Crippen LogP contribution is 2.17. The molecule has 3 rings (SSSR count). The first-order valence-electron chi connectivity index (χ1n) is 10.0. The van der Waals surface area contributed by atoms with Crippen LogP contribution < -0.4 is 10.6 Å². The summed E-state index contributed by atoms with van der Waals surface area (Å²) < 4.78 is 15.7. The van der Waals surface area contributed by atoms with Gasteiger partial charge >= 0.3 is 0 Å². The van der Waals surface area contributed by atoms with E-state index in [2.05, 4.69) is 32.3 Å². The Morgan fingerprint density at radius 1 is 1.13 bits per heavy atom. The molecule has 0 aliphatic carbocycles. The third-order valence-corrected chi connectivity index (χ3v) is 5.23. The minimum Gasteiger partial charge on any atom is -0.357 e. The van der Waals surface area contributed by atoms with Crippen LogP contribution in [0.1, 0.15) is 29.4 Å². The maximum Gasteiger partial charge on any atom is 0.191 e. The monoisotopic (exact) mass is 553 g/mol. The van der Waals surface area contributed by atoms with Crippen molar-refractivity contribution in [3.8, 4) is 0 Å². The Morgan fingerprint density at radius 3 is 2.68 bits per heavy atom. The fraction of sp³-hybridized carbons (Fsp3) is 0.304. The van der Waals surface area contributed by atoms with Gasteiger partial charge in [0.05, 0.1) is 13.1 Å². The summed E-state index contributed by atoms with van der Waals surface area (Å²) in [7, 11) is 0. The molecule has 1 heterocycles. The molecule has 1 aromatic heterocycles. The van der Waals surface area contributed by atoms with E-state index in [1.54, 1.807) is 17.8 Å². The average molecular weight is 553 g/mol. The minimum atomic E-state index is -0.206. The van der Waals surface area contributed by atoms with Crippen molar-refractivity contribution in [3.05, 3.63) is 89.3 Å². The van der Waals surface area contributed by atoms with Crippen LogP contribution >= 0.6 is 35.7 Å². The van der Waals surface area contributed by atoms with Gasteiger partial charge in [-0.2, -0.15) is 11.8 Å². The molecule has 0 atom stereocenters. The van der Waals surface area contributed by atoms with Gasteiger partial charge in [-0.15, -0.1) is 24.0 Å². The third-order valence-electron chi connectivity index (χ3n) is 4.63. The topological polar surface area (TPSA) is 54.2 Å². The largest absolute Gasteiger partial charge is 0.357 e. The number of hydrogen-bond acceptors (Lipinski definition) is 3. The molecule has 0 bridgehead atoms. The number of nitrogens with one attached hydrogen (secondary N) is 2. The van der Waals surface area contributed by atoms with Gasteiger partial charge in [0, 0.05) is 31.2 Å². The first-order chi connectivity index (χ1) is 14.7. The number of guanidine groups is 1. The minimum absolute atomic E-state index is 0. The standard InChI is InChI=1S/C23H28FN5S.HI/c1-3-25-23(27-14-19-9-10-21(24)13-20(19)17-30-2)28-15-22-26-11-12-29(22)16-18-7-5-4-6-8-18;/h4-13H,3,14-17H2,1-2H3,(H2,25,27,28);1H. The fourth-order valence-corrected chi connectivity index (χ4v) is 3.72. The number of rotatable bonds is 9. The zero-order valence-corrected chi connectivity index (χ0v) is 21.0. The summed E-state index contributed by atoms with van der Waals surface area (Å²) in [5.41, 5.74) is 3.25. The van der Waals surface area contributed by atoms with Crippen LogP contribution in [0.2, 0.25) is 0 Å². The Hall–Kier alpha value is -2.07. The number of hydrogen-bond donors (Lipinski definition) is 2. The number of imidazole rings is 1. The highest BCUT2D eigenvalue weighted by Gasteiger charge is 2.07. The van der Waals surface area contributed by atoms with Gasteiger partial charge in [0.15, 0.2) is 5.96 Å². The predicted octanol–water partition coefficient (Wildman–Crippen LogP) is 4.81. The number of thioether (sulfide) groups is 1. The summed E-state index contributed by atoms with van der Waals surface area (Å²) in [6.07, 6.45) is 5.82. The number of aliphatic imine (C=N–C) groups is 1. The Bertz CT molecular complexity index is 962. The van der Waals surface area contributed by atoms with Crippen LogP contribution in [0.4, 0.5) is 4.39 Å². The first-order valence-corrected chi connectivity index (χ1v) is 11.4. The van der Waals surface area contributed by atoms with Crippen LogP contribution in [-0.4, -0.2) is 28.3 Å². The lowest BCUT2D eigenvalue weighted by Gasteiger charge is -2.13. The maximum absolute atomic E-state index is 13.6. The smallest absolute Gasteiger partial charge is 0.191 e. The molecule has 0 saturated heterocycles. The molecule has 2 N–H and O–H groups in total. The molecule has 0 aliphatic rings. The normalized spacial score (nSPS) is 11.1. The van der Waals surface area contributed by atoms with E-state index in [4.69, 9.17) is 4.99 Å². The number of nitrogens with zero attached hydrogens (tertiary/aromatic N) is 3. The quantitative estimate of drug-likeness (QED) is 0.227. The zero-order chi connectivity index (χ0) is 21.2. The summed E-state index contributed by atoms with van der Waals surface area (Å²) in [5.74, 6) is 2.21. The molecule has 0 radical (unpaired) electrons. The van der Waals surface area contributed by atoms with E-state index < -0.39 is 0 Å². The summed E-state index contributed by atoms with van der Waals surface area (Å²) in [4.78, 5) is 9.18. The molecular formula is C23H29FIN5S. The molecule has 2 aromatic carbocycles. The second-order valence-corrected chi connectivity index (χ2v) is 7.72. The van der Waals surface area contributed by atoms with Crippen molar-refractivity contribution >= 4 is 41.7 Å². The van der Waals surface area contributed by atoms with Crippen LogP contribution in [0.5, 0.6) is 0 Å². The number of aromatic nitrogens is 2. The summed E-state index contributed by atoms with van der Waals surface area (Å²) in [6.45, 7) is 4.62. The molecule has 31 heavy (non-hydrogen) atoms. The Balaban J connectivity index is 0.00000341. The van der Waals surface area contributed by atoms with Gasteiger partial charge in [0.1, 0.15) is 11.6 Å². The van der Waals surface area contributed by atoms with E-state index in [0.29, 0.717) is 19.0 Å². The van der Waals surface area contributed by atoms with Crippen molar-refractivity contribution in [2.24, 2.45) is 4.99 Å². The summed E-state index contributed by atoms with van der Waals surface area (Å²) in [6, 6.07) is 15.2. The number of benzene rings is 2. The molecule has 166 valence electrons. The van der Waals surface area contributed by atoms with Gasteiger partial charge in [-0.3, -0.25) is 0 Å². The summed E-state index contributed by atoms with van der Waals surface area (Å²) >= 11 is 1.68. The SMILES string of the molecule is CCNC(=NCc1ccc(F)cc1CSC)NCc1nccn1Cc1ccccc1.I. The Kier molecular flexibility index (Phi) is 10.9. The van der Waals surface area contributed by atoms with Crippen molar-refractivity contribution in [2.75, 3.05) is 12.8 Å². The van der Waals surface area contributed by atoms with E-state index >= 15 is 0 Å².